The summed E-state index contributed by atoms with van der Waals surface area (Å²) in [6, 6.07) is 3.51. The topological polar surface area (TPSA) is 66.6 Å². The zero-order valence-electron chi connectivity index (χ0n) is 8.68. The second-order valence-corrected chi connectivity index (χ2v) is 4.25. The van der Waals surface area contributed by atoms with Crippen molar-refractivity contribution in [3.63, 3.8) is 0 Å². The Hall–Kier alpha value is -1.69. The highest BCUT2D eigenvalue weighted by molar-refractivity contribution is 5.55. The molecule has 2 rings (SSSR count). The molecule has 0 unspecified atom stereocenters. The lowest BCUT2D eigenvalue weighted by Crippen LogP contribution is -2.60. The highest BCUT2D eigenvalue weighted by Gasteiger charge is 2.37. The van der Waals surface area contributed by atoms with Crippen LogP contribution in [0.3, 0.4) is 0 Å². The van der Waals surface area contributed by atoms with Crippen molar-refractivity contribution in [1.82, 2.24) is 0 Å². The third-order valence-corrected chi connectivity index (χ3v) is 2.55. The molecule has 0 radical (unpaired) electrons. The molecule has 1 aromatic rings. The number of nitrogens with zero attached hydrogens (tertiary/aromatic N) is 2. The van der Waals surface area contributed by atoms with Gasteiger partial charge in [-0.1, -0.05) is 0 Å². The van der Waals surface area contributed by atoms with E-state index in [0.29, 0.717) is 13.1 Å². The van der Waals surface area contributed by atoms with Gasteiger partial charge in [0.1, 0.15) is 0 Å². The Kier molecular flexibility index (Phi) is 2.31. The molecule has 1 aliphatic heterocycles. The van der Waals surface area contributed by atoms with Gasteiger partial charge < -0.3 is 10.0 Å². The van der Waals surface area contributed by atoms with E-state index in [2.05, 4.69) is 0 Å². The van der Waals surface area contributed by atoms with E-state index in [-0.39, 0.29) is 11.4 Å². The van der Waals surface area contributed by atoms with Crippen LogP contribution in [0.4, 0.5) is 15.8 Å². The van der Waals surface area contributed by atoms with E-state index in [9.17, 15) is 19.6 Å². The van der Waals surface area contributed by atoms with Crippen LogP contribution in [0.5, 0.6) is 0 Å². The molecule has 1 aliphatic rings. The average molecular weight is 226 g/mol. The van der Waals surface area contributed by atoms with Crippen molar-refractivity contribution >= 4 is 11.4 Å². The number of hydrogen-bond donors (Lipinski definition) is 1. The van der Waals surface area contributed by atoms with E-state index in [1.165, 1.54) is 12.1 Å². The van der Waals surface area contributed by atoms with Crippen molar-refractivity contribution in [2.75, 3.05) is 18.0 Å². The number of non-ortho nitro benzene ring substituents is 1. The van der Waals surface area contributed by atoms with E-state index in [1.54, 1.807) is 11.8 Å². The molecule has 0 aliphatic carbocycles. The third-order valence-electron chi connectivity index (χ3n) is 2.55. The van der Waals surface area contributed by atoms with Gasteiger partial charge in [-0.25, -0.2) is 4.39 Å². The quantitative estimate of drug-likeness (QED) is 0.609. The van der Waals surface area contributed by atoms with E-state index in [1.807, 2.05) is 0 Å². The minimum absolute atomic E-state index is 0.270. The molecule has 1 saturated heterocycles. The van der Waals surface area contributed by atoms with E-state index < -0.39 is 16.3 Å². The van der Waals surface area contributed by atoms with Crippen molar-refractivity contribution < 1.29 is 14.4 Å². The molecule has 1 N–H and O–H groups in total. The fourth-order valence-electron chi connectivity index (χ4n) is 1.81. The van der Waals surface area contributed by atoms with Crippen molar-refractivity contribution in [1.29, 1.82) is 0 Å². The maximum Gasteiger partial charge on any atom is 0.272 e. The van der Waals surface area contributed by atoms with Gasteiger partial charge in [-0.05, 0) is 13.0 Å². The van der Waals surface area contributed by atoms with Crippen LogP contribution in [-0.4, -0.2) is 28.7 Å². The molecule has 0 amide bonds. The smallest absolute Gasteiger partial charge is 0.272 e. The van der Waals surface area contributed by atoms with Crippen LogP contribution in [0.2, 0.25) is 0 Å². The highest BCUT2D eigenvalue weighted by atomic mass is 19.1. The fourth-order valence-corrected chi connectivity index (χ4v) is 1.81. The molecular formula is C10H11FN2O3. The summed E-state index contributed by atoms with van der Waals surface area (Å²) in [7, 11) is 0. The van der Waals surface area contributed by atoms with Crippen LogP contribution in [0.25, 0.3) is 0 Å². The Labute approximate surface area is 91.3 Å². The molecule has 0 saturated carbocycles. The largest absolute Gasteiger partial charge is 0.386 e. The second kappa shape index (κ2) is 3.41. The zero-order chi connectivity index (χ0) is 11.9. The maximum absolute atomic E-state index is 13.5. The number of nitro groups is 1. The molecule has 1 aromatic carbocycles. The summed E-state index contributed by atoms with van der Waals surface area (Å²) in [5, 5.41) is 19.9. The lowest BCUT2D eigenvalue weighted by Gasteiger charge is -2.45. The Morgan fingerprint density at radius 1 is 1.56 bits per heavy atom. The van der Waals surface area contributed by atoms with Crippen molar-refractivity contribution in [3.05, 3.63) is 34.1 Å². The van der Waals surface area contributed by atoms with Gasteiger partial charge in [-0.3, -0.25) is 10.1 Å². The van der Waals surface area contributed by atoms with Crippen molar-refractivity contribution in [2.24, 2.45) is 0 Å². The van der Waals surface area contributed by atoms with Gasteiger partial charge in [0.05, 0.1) is 22.3 Å². The molecule has 1 fully saturated rings. The first-order valence-corrected chi connectivity index (χ1v) is 4.80. The normalized spacial score (nSPS) is 18.1. The molecule has 0 aromatic heterocycles. The van der Waals surface area contributed by atoms with Gasteiger partial charge in [-0.2, -0.15) is 0 Å². The molecule has 16 heavy (non-hydrogen) atoms. The first-order chi connectivity index (χ1) is 7.39. The van der Waals surface area contributed by atoms with Gasteiger partial charge in [0.15, 0.2) is 5.82 Å². The van der Waals surface area contributed by atoms with Gasteiger partial charge in [0.2, 0.25) is 0 Å². The van der Waals surface area contributed by atoms with Crippen LogP contribution in [-0.2, 0) is 0 Å². The van der Waals surface area contributed by atoms with Gasteiger partial charge in [0, 0.05) is 19.2 Å². The van der Waals surface area contributed by atoms with Crippen LogP contribution >= 0.6 is 0 Å². The zero-order valence-corrected chi connectivity index (χ0v) is 8.68. The minimum Gasteiger partial charge on any atom is -0.386 e. The molecule has 5 nitrogen and oxygen atoms in total. The number of anilines is 1. The summed E-state index contributed by atoms with van der Waals surface area (Å²) in [5.41, 5.74) is -0.778. The Morgan fingerprint density at radius 2 is 2.19 bits per heavy atom. The summed E-state index contributed by atoms with van der Waals surface area (Å²) >= 11 is 0. The van der Waals surface area contributed by atoms with Crippen LogP contribution < -0.4 is 4.90 Å². The first-order valence-electron chi connectivity index (χ1n) is 4.80. The summed E-state index contributed by atoms with van der Waals surface area (Å²) < 4.78 is 13.5. The van der Waals surface area contributed by atoms with Gasteiger partial charge in [0.25, 0.3) is 5.69 Å². The lowest BCUT2D eigenvalue weighted by molar-refractivity contribution is -0.385. The first kappa shape index (κ1) is 10.8. The standard InChI is InChI=1S/C10H11FN2O3/c1-10(14)5-12(6-10)9-3-2-7(13(15)16)4-8(9)11/h2-4,14H,5-6H2,1H3. The number of benzene rings is 1. The number of halogens is 1. The minimum atomic E-state index is -0.797. The fraction of sp³-hybridized carbons (Fsp3) is 0.400. The molecule has 86 valence electrons. The average Bonchev–Trinajstić information content (AvgIpc) is 2.13. The van der Waals surface area contributed by atoms with E-state index >= 15 is 0 Å². The van der Waals surface area contributed by atoms with Gasteiger partial charge >= 0.3 is 0 Å². The van der Waals surface area contributed by atoms with Gasteiger partial charge in [-0.15, -0.1) is 0 Å². The Morgan fingerprint density at radius 3 is 2.62 bits per heavy atom. The molecular weight excluding hydrogens is 215 g/mol. The molecule has 0 atom stereocenters. The number of hydrogen-bond acceptors (Lipinski definition) is 4. The SMILES string of the molecule is CC1(O)CN(c2ccc([N+](=O)[O-])cc2F)C1. The van der Waals surface area contributed by atoms with E-state index in [4.69, 9.17) is 0 Å². The van der Waals surface area contributed by atoms with Crippen LogP contribution in [0.15, 0.2) is 18.2 Å². The second-order valence-electron chi connectivity index (χ2n) is 4.25. The number of aliphatic hydroxyl groups is 1. The summed E-state index contributed by atoms with van der Waals surface area (Å²) in [6.07, 6.45) is 0. The Balaban J connectivity index is 2.21. The summed E-state index contributed by atoms with van der Waals surface area (Å²) in [5.74, 6) is -0.635. The summed E-state index contributed by atoms with van der Waals surface area (Å²) in [6.45, 7) is 2.33. The van der Waals surface area contributed by atoms with Crippen molar-refractivity contribution in [3.8, 4) is 0 Å². The third kappa shape index (κ3) is 1.83. The maximum atomic E-state index is 13.5. The van der Waals surface area contributed by atoms with Crippen LogP contribution in [0.1, 0.15) is 6.92 Å². The van der Waals surface area contributed by atoms with E-state index in [0.717, 1.165) is 6.07 Å². The molecule has 0 bridgehead atoms. The van der Waals surface area contributed by atoms with Crippen molar-refractivity contribution in [2.45, 2.75) is 12.5 Å². The lowest BCUT2D eigenvalue weighted by atomic mass is 9.96. The summed E-state index contributed by atoms with van der Waals surface area (Å²) in [4.78, 5) is 11.4. The monoisotopic (exact) mass is 226 g/mol. The van der Waals surface area contributed by atoms with Crippen LogP contribution in [0, 0.1) is 15.9 Å². The molecule has 0 spiro atoms. The molecule has 6 heteroatoms. The predicted molar refractivity (Wildman–Crippen MR) is 55.9 cm³/mol. The number of β-amino-alcohol motifs (C(OH)–C–C–N with tert-alkyl or cyclic N) is 1. The number of nitro benzene ring substituents is 1. The highest BCUT2D eigenvalue weighted by Crippen LogP contribution is 2.31. The predicted octanol–water partition coefficient (Wildman–Crippen LogP) is 1.30. The molecule has 1 heterocycles. The Bertz CT molecular complexity index is 440. The number of rotatable bonds is 2.